The summed E-state index contributed by atoms with van der Waals surface area (Å²) in [6, 6.07) is 0. The second-order valence-corrected chi connectivity index (χ2v) is 4.90. The van der Waals surface area contributed by atoms with Crippen LogP contribution in [0.4, 0.5) is 0 Å². The van der Waals surface area contributed by atoms with Crippen molar-refractivity contribution in [2.45, 2.75) is 6.92 Å². The van der Waals surface area contributed by atoms with Gasteiger partial charge in [-0.25, -0.2) is 4.98 Å². The van der Waals surface area contributed by atoms with Crippen LogP contribution in [0.25, 0.3) is 0 Å². The molecule has 0 aromatic carbocycles. The highest BCUT2D eigenvalue weighted by molar-refractivity contribution is 7.13. The predicted octanol–water partition coefficient (Wildman–Crippen LogP) is 2.37. The summed E-state index contributed by atoms with van der Waals surface area (Å²) in [5.74, 6) is 0.794. The van der Waals surface area contributed by atoms with Crippen molar-refractivity contribution in [2.24, 2.45) is 0 Å². The number of carbonyl (C=O) groups excluding carboxylic acids is 1. The van der Waals surface area contributed by atoms with Gasteiger partial charge in [-0.2, -0.15) is 0 Å². The molecule has 0 saturated carbocycles. The molecule has 15 heavy (non-hydrogen) atoms. The third-order valence-corrected chi connectivity index (χ3v) is 3.07. The van der Waals surface area contributed by atoms with Crippen LogP contribution >= 0.6 is 34.5 Å². The Kier molecular flexibility index (Phi) is 5.36. The Labute approximate surface area is 103 Å². The Bertz CT molecular complexity index is 324. The predicted molar refractivity (Wildman–Crippen MR) is 64.2 cm³/mol. The molecule has 0 aliphatic heterocycles. The van der Waals surface area contributed by atoms with E-state index in [1.165, 1.54) is 11.3 Å². The molecular formula is C9H12Cl2N2OS. The van der Waals surface area contributed by atoms with Crippen molar-refractivity contribution in [2.75, 3.05) is 24.8 Å². The van der Waals surface area contributed by atoms with Gasteiger partial charge in [0.2, 0.25) is 0 Å². The minimum atomic E-state index is -0.0399. The number of amides is 1. The van der Waals surface area contributed by atoms with Crippen molar-refractivity contribution in [3.8, 4) is 0 Å². The van der Waals surface area contributed by atoms with E-state index in [1.54, 1.807) is 11.1 Å². The van der Waals surface area contributed by atoms with Crippen molar-refractivity contribution in [1.29, 1.82) is 0 Å². The Balaban J connectivity index is 2.71. The number of hydrogen-bond donors (Lipinski definition) is 0. The van der Waals surface area contributed by atoms with Gasteiger partial charge in [0.25, 0.3) is 5.91 Å². The zero-order valence-electron chi connectivity index (χ0n) is 8.37. The van der Waals surface area contributed by atoms with E-state index in [1.807, 2.05) is 6.92 Å². The highest BCUT2D eigenvalue weighted by Gasteiger charge is 2.16. The zero-order chi connectivity index (χ0) is 11.3. The Morgan fingerprint density at radius 3 is 2.47 bits per heavy atom. The van der Waals surface area contributed by atoms with Crippen LogP contribution in [0.3, 0.4) is 0 Å². The summed E-state index contributed by atoms with van der Waals surface area (Å²) in [5.41, 5.74) is 0. The Hall–Kier alpha value is -0.320. The van der Waals surface area contributed by atoms with Gasteiger partial charge in [0, 0.05) is 24.8 Å². The van der Waals surface area contributed by atoms with E-state index in [-0.39, 0.29) is 5.91 Å². The van der Waals surface area contributed by atoms with E-state index in [0.29, 0.717) is 29.7 Å². The molecule has 0 N–H and O–H groups in total. The number of aryl methyl sites for hydroxylation is 1. The molecule has 0 aliphatic carbocycles. The number of rotatable bonds is 5. The second kappa shape index (κ2) is 6.30. The molecule has 0 bridgehead atoms. The minimum absolute atomic E-state index is 0.0399. The van der Waals surface area contributed by atoms with Crippen LogP contribution in [0.5, 0.6) is 0 Å². The molecule has 0 radical (unpaired) electrons. The molecule has 0 spiro atoms. The van der Waals surface area contributed by atoms with Crippen LogP contribution < -0.4 is 0 Å². The van der Waals surface area contributed by atoms with Gasteiger partial charge < -0.3 is 4.90 Å². The SMILES string of the molecule is Cc1ncc(C(=O)N(CCCl)CCCl)s1. The average molecular weight is 267 g/mol. The van der Waals surface area contributed by atoms with Crippen molar-refractivity contribution in [3.05, 3.63) is 16.1 Å². The molecule has 1 aromatic rings. The number of carbonyl (C=O) groups is 1. The first kappa shape index (κ1) is 12.7. The molecule has 84 valence electrons. The van der Waals surface area contributed by atoms with E-state index in [9.17, 15) is 4.79 Å². The summed E-state index contributed by atoms with van der Waals surface area (Å²) in [4.78, 5) is 18.2. The van der Waals surface area contributed by atoms with Crippen molar-refractivity contribution in [3.63, 3.8) is 0 Å². The Morgan fingerprint density at radius 2 is 2.07 bits per heavy atom. The molecule has 1 amide bonds. The topological polar surface area (TPSA) is 33.2 Å². The molecule has 6 heteroatoms. The molecule has 0 atom stereocenters. The van der Waals surface area contributed by atoms with Crippen molar-refractivity contribution in [1.82, 2.24) is 9.88 Å². The van der Waals surface area contributed by atoms with Gasteiger partial charge in [-0.3, -0.25) is 4.79 Å². The van der Waals surface area contributed by atoms with Crippen LogP contribution in [0.1, 0.15) is 14.7 Å². The molecule has 0 aliphatic rings. The van der Waals surface area contributed by atoms with E-state index >= 15 is 0 Å². The van der Waals surface area contributed by atoms with E-state index in [4.69, 9.17) is 23.2 Å². The smallest absolute Gasteiger partial charge is 0.265 e. The maximum Gasteiger partial charge on any atom is 0.265 e. The fraction of sp³-hybridized carbons (Fsp3) is 0.556. The lowest BCUT2D eigenvalue weighted by molar-refractivity contribution is 0.0779. The number of halogens is 2. The number of hydrogen-bond acceptors (Lipinski definition) is 3. The second-order valence-electron chi connectivity index (χ2n) is 2.91. The molecule has 0 fully saturated rings. The summed E-state index contributed by atoms with van der Waals surface area (Å²) in [7, 11) is 0. The molecule has 0 unspecified atom stereocenters. The fourth-order valence-corrected chi connectivity index (χ4v) is 2.29. The number of thiazole rings is 1. The average Bonchev–Trinajstić information content (AvgIpc) is 2.63. The summed E-state index contributed by atoms with van der Waals surface area (Å²) in [6.07, 6.45) is 1.60. The number of aromatic nitrogens is 1. The summed E-state index contributed by atoms with van der Waals surface area (Å²) < 4.78 is 0. The quantitative estimate of drug-likeness (QED) is 0.767. The monoisotopic (exact) mass is 266 g/mol. The molecule has 1 heterocycles. The van der Waals surface area contributed by atoms with Gasteiger partial charge in [0.15, 0.2) is 0 Å². The van der Waals surface area contributed by atoms with Gasteiger partial charge in [0.05, 0.1) is 11.2 Å². The van der Waals surface area contributed by atoms with Crippen LogP contribution in [0.15, 0.2) is 6.20 Å². The van der Waals surface area contributed by atoms with Crippen LogP contribution in [-0.4, -0.2) is 40.6 Å². The molecular weight excluding hydrogens is 255 g/mol. The summed E-state index contributed by atoms with van der Waals surface area (Å²) in [5, 5.41) is 0.884. The van der Waals surface area contributed by atoms with E-state index in [2.05, 4.69) is 4.98 Å². The lowest BCUT2D eigenvalue weighted by Gasteiger charge is -2.19. The third kappa shape index (κ3) is 3.63. The Morgan fingerprint density at radius 1 is 1.47 bits per heavy atom. The number of alkyl halides is 2. The van der Waals surface area contributed by atoms with E-state index in [0.717, 1.165) is 5.01 Å². The standard InChI is InChI=1S/C9H12Cl2N2OS/c1-7-12-6-8(15-7)9(14)13(4-2-10)5-3-11/h6H,2-5H2,1H3. The minimum Gasteiger partial charge on any atom is -0.336 e. The van der Waals surface area contributed by atoms with Gasteiger partial charge in [-0.05, 0) is 6.92 Å². The van der Waals surface area contributed by atoms with Crippen molar-refractivity contribution < 1.29 is 4.79 Å². The normalized spacial score (nSPS) is 10.3. The zero-order valence-corrected chi connectivity index (χ0v) is 10.7. The van der Waals surface area contributed by atoms with Gasteiger partial charge >= 0.3 is 0 Å². The molecule has 3 nitrogen and oxygen atoms in total. The largest absolute Gasteiger partial charge is 0.336 e. The number of nitrogens with zero attached hydrogens (tertiary/aromatic N) is 2. The first-order valence-corrected chi connectivity index (χ1v) is 6.41. The lowest BCUT2D eigenvalue weighted by atomic mass is 10.4. The first-order valence-electron chi connectivity index (χ1n) is 4.52. The van der Waals surface area contributed by atoms with Crippen molar-refractivity contribution >= 4 is 40.4 Å². The third-order valence-electron chi connectivity index (χ3n) is 1.83. The van der Waals surface area contributed by atoms with Crippen LogP contribution in [-0.2, 0) is 0 Å². The summed E-state index contributed by atoms with van der Waals surface area (Å²) >= 11 is 12.6. The van der Waals surface area contributed by atoms with Crippen LogP contribution in [0.2, 0.25) is 0 Å². The molecule has 0 saturated heterocycles. The van der Waals surface area contributed by atoms with Gasteiger partial charge in [-0.1, -0.05) is 0 Å². The maximum absolute atomic E-state index is 11.9. The van der Waals surface area contributed by atoms with Gasteiger partial charge in [0.1, 0.15) is 4.88 Å². The highest BCUT2D eigenvalue weighted by Crippen LogP contribution is 2.14. The fourth-order valence-electron chi connectivity index (χ4n) is 1.14. The molecule has 1 aromatic heterocycles. The lowest BCUT2D eigenvalue weighted by Crippen LogP contribution is -2.33. The summed E-state index contributed by atoms with van der Waals surface area (Å²) in [6.45, 7) is 2.91. The van der Waals surface area contributed by atoms with E-state index < -0.39 is 0 Å². The highest BCUT2D eigenvalue weighted by atomic mass is 35.5. The molecule has 1 rings (SSSR count). The van der Waals surface area contributed by atoms with Crippen LogP contribution in [0, 0.1) is 6.92 Å². The maximum atomic E-state index is 11.9. The van der Waals surface area contributed by atoms with Gasteiger partial charge in [-0.15, -0.1) is 34.5 Å². The first-order chi connectivity index (χ1) is 7.19.